The van der Waals surface area contributed by atoms with Crippen LogP contribution in [0.4, 0.5) is 0 Å². The van der Waals surface area contributed by atoms with Gasteiger partial charge in [-0.2, -0.15) is 0 Å². The third-order valence-electron chi connectivity index (χ3n) is 5.22. The number of nitrogens with zero attached hydrogens (tertiary/aromatic N) is 1. The van der Waals surface area contributed by atoms with Gasteiger partial charge < -0.3 is 10.4 Å². The number of fused-ring (bicyclic) bond motifs is 1. The van der Waals surface area contributed by atoms with Crippen LogP contribution < -0.4 is 5.32 Å². The van der Waals surface area contributed by atoms with E-state index in [9.17, 15) is 9.90 Å². The van der Waals surface area contributed by atoms with Crippen LogP contribution in [0.2, 0.25) is 0 Å². The Kier molecular flexibility index (Phi) is 4.37. The first kappa shape index (κ1) is 15.8. The van der Waals surface area contributed by atoms with Gasteiger partial charge in [-0.25, -0.2) is 0 Å². The smallest absolute Gasteiger partial charge is 0.262 e. The summed E-state index contributed by atoms with van der Waals surface area (Å²) >= 11 is 1.57. The molecular weight excluding hydrogens is 320 g/mol. The summed E-state index contributed by atoms with van der Waals surface area (Å²) in [5, 5.41) is 15.0. The zero-order chi connectivity index (χ0) is 16.5. The van der Waals surface area contributed by atoms with Crippen LogP contribution in [0.25, 0.3) is 0 Å². The van der Waals surface area contributed by atoms with Crippen LogP contribution in [-0.4, -0.2) is 22.1 Å². The minimum Gasteiger partial charge on any atom is -0.393 e. The van der Waals surface area contributed by atoms with E-state index in [1.807, 2.05) is 18.2 Å². The number of thiophene rings is 1. The number of carbonyl (C=O) groups excluding carboxylic acids is 1. The van der Waals surface area contributed by atoms with Gasteiger partial charge in [-0.1, -0.05) is 6.07 Å². The molecule has 1 unspecified atom stereocenters. The molecule has 0 radical (unpaired) electrons. The van der Waals surface area contributed by atoms with Crippen LogP contribution in [0.15, 0.2) is 29.8 Å². The van der Waals surface area contributed by atoms with Crippen molar-refractivity contribution in [1.82, 2.24) is 10.3 Å². The fourth-order valence-electron chi connectivity index (χ4n) is 3.81. The quantitative estimate of drug-likeness (QED) is 0.896. The molecule has 24 heavy (non-hydrogen) atoms. The summed E-state index contributed by atoms with van der Waals surface area (Å²) in [5.74, 6) is 0.273. The molecule has 2 aliphatic rings. The van der Waals surface area contributed by atoms with Crippen molar-refractivity contribution in [2.24, 2.45) is 5.92 Å². The topological polar surface area (TPSA) is 62.2 Å². The van der Waals surface area contributed by atoms with Crippen LogP contribution in [0, 0.1) is 5.92 Å². The summed E-state index contributed by atoms with van der Waals surface area (Å²) in [6.45, 7) is 0. The van der Waals surface area contributed by atoms with E-state index in [-0.39, 0.29) is 24.0 Å². The van der Waals surface area contributed by atoms with E-state index in [4.69, 9.17) is 0 Å². The Morgan fingerprint density at radius 2 is 2.12 bits per heavy atom. The number of aliphatic hydroxyl groups is 1. The second-order valence-corrected chi connectivity index (χ2v) is 7.75. The number of aliphatic hydroxyl groups excluding tert-OH is 1. The molecule has 1 saturated carbocycles. The Bertz CT molecular complexity index is 722. The highest BCUT2D eigenvalue weighted by Crippen LogP contribution is 2.38. The van der Waals surface area contributed by atoms with Gasteiger partial charge in [0.2, 0.25) is 0 Å². The molecule has 0 aliphatic heterocycles. The Morgan fingerprint density at radius 3 is 2.88 bits per heavy atom. The average molecular weight is 342 g/mol. The van der Waals surface area contributed by atoms with Crippen molar-refractivity contribution in [3.63, 3.8) is 0 Å². The molecule has 1 fully saturated rings. The molecule has 5 heteroatoms. The molecule has 2 N–H and O–H groups in total. The van der Waals surface area contributed by atoms with Crippen molar-refractivity contribution in [3.8, 4) is 0 Å². The van der Waals surface area contributed by atoms with Crippen LogP contribution >= 0.6 is 11.3 Å². The molecule has 2 aliphatic carbocycles. The van der Waals surface area contributed by atoms with Crippen molar-refractivity contribution >= 4 is 17.2 Å². The number of hydrogen-bond acceptors (Lipinski definition) is 4. The number of aryl methyl sites for hydroxylation is 1. The van der Waals surface area contributed by atoms with Gasteiger partial charge in [-0.3, -0.25) is 9.78 Å². The average Bonchev–Trinajstić information content (AvgIpc) is 3.02. The fourth-order valence-corrected chi connectivity index (χ4v) is 4.87. The number of nitrogens with one attached hydrogen (secondary N) is 1. The van der Waals surface area contributed by atoms with Gasteiger partial charge in [0.05, 0.1) is 22.7 Å². The first-order chi connectivity index (χ1) is 11.7. The minimum absolute atomic E-state index is 0.0141. The van der Waals surface area contributed by atoms with Gasteiger partial charge >= 0.3 is 0 Å². The highest BCUT2D eigenvalue weighted by molar-refractivity contribution is 7.12. The van der Waals surface area contributed by atoms with Crippen molar-refractivity contribution < 1.29 is 9.90 Å². The lowest BCUT2D eigenvalue weighted by Crippen LogP contribution is -2.41. The first-order valence-corrected chi connectivity index (χ1v) is 9.59. The highest BCUT2D eigenvalue weighted by atomic mass is 32.1. The van der Waals surface area contributed by atoms with E-state index < -0.39 is 0 Å². The standard InChI is InChI=1S/C19H22N2O2S/c22-14-9-13(10-14)17(16-7-3-4-8-20-16)21-19(23)18-15-6-2-1-5-12(15)11-24-18/h3-4,7-8,11,13-14,17,22H,1-2,5-6,9-10H2,(H,21,23). The van der Waals surface area contributed by atoms with E-state index in [0.717, 1.165) is 36.3 Å². The molecule has 4 rings (SSSR count). The van der Waals surface area contributed by atoms with Crippen molar-refractivity contribution in [3.05, 3.63) is 51.5 Å². The van der Waals surface area contributed by atoms with Gasteiger partial charge in [0, 0.05) is 6.20 Å². The van der Waals surface area contributed by atoms with Crippen molar-refractivity contribution in [2.45, 2.75) is 50.7 Å². The lowest BCUT2D eigenvalue weighted by Gasteiger charge is -2.37. The SMILES string of the molecule is O=C(NC(c1ccccn1)C1CC(O)C1)c1scc2c1CCCC2. The molecule has 4 nitrogen and oxygen atoms in total. The second-order valence-electron chi connectivity index (χ2n) is 6.87. The molecular formula is C19H22N2O2S. The molecule has 0 aromatic carbocycles. The maximum absolute atomic E-state index is 12.9. The monoisotopic (exact) mass is 342 g/mol. The Labute approximate surface area is 145 Å². The Morgan fingerprint density at radius 1 is 1.29 bits per heavy atom. The molecule has 1 amide bonds. The van der Waals surface area contributed by atoms with Crippen molar-refractivity contribution in [1.29, 1.82) is 0 Å². The predicted molar refractivity (Wildman–Crippen MR) is 94.1 cm³/mol. The van der Waals surface area contributed by atoms with Gasteiger partial charge in [-0.15, -0.1) is 11.3 Å². The lowest BCUT2D eigenvalue weighted by molar-refractivity contribution is 0.0228. The third kappa shape index (κ3) is 2.98. The summed E-state index contributed by atoms with van der Waals surface area (Å²) in [6.07, 6.45) is 7.47. The summed E-state index contributed by atoms with van der Waals surface area (Å²) < 4.78 is 0. The molecule has 0 bridgehead atoms. The van der Waals surface area contributed by atoms with Crippen LogP contribution in [-0.2, 0) is 12.8 Å². The molecule has 2 aromatic rings. The van der Waals surface area contributed by atoms with Crippen LogP contribution in [0.5, 0.6) is 0 Å². The zero-order valence-corrected chi connectivity index (χ0v) is 14.4. The van der Waals surface area contributed by atoms with Crippen molar-refractivity contribution in [2.75, 3.05) is 0 Å². The minimum atomic E-state index is -0.243. The van der Waals surface area contributed by atoms with Gasteiger partial charge in [0.15, 0.2) is 0 Å². The fraction of sp³-hybridized carbons (Fsp3) is 0.474. The largest absolute Gasteiger partial charge is 0.393 e. The predicted octanol–water partition coefficient (Wildman–Crippen LogP) is 3.26. The van der Waals surface area contributed by atoms with Gasteiger partial charge in [0.25, 0.3) is 5.91 Å². The number of hydrogen-bond donors (Lipinski definition) is 2. The van der Waals surface area contributed by atoms with Crippen LogP contribution in [0.1, 0.15) is 58.2 Å². The molecule has 2 heterocycles. The summed E-state index contributed by atoms with van der Waals surface area (Å²) in [5.41, 5.74) is 3.48. The molecule has 1 atom stereocenters. The van der Waals surface area contributed by atoms with Gasteiger partial charge in [0.1, 0.15) is 0 Å². The molecule has 2 aromatic heterocycles. The number of rotatable bonds is 4. The van der Waals surface area contributed by atoms with E-state index >= 15 is 0 Å². The molecule has 126 valence electrons. The maximum Gasteiger partial charge on any atom is 0.262 e. The Balaban J connectivity index is 1.56. The van der Waals surface area contributed by atoms with E-state index in [0.29, 0.717) is 0 Å². The summed E-state index contributed by atoms with van der Waals surface area (Å²) in [7, 11) is 0. The van der Waals surface area contributed by atoms with Crippen LogP contribution in [0.3, 0.4) is 0 Å². The van der Waals surface area contributed by atoms with Gasteiger partial charge in [-0.05, 0) is 73.1 Å². The summed E-state index contributed by atoms with van der Waals surface area (Å²) in [6, 6.07) is 5.67. The summed E-state index contributed by atoms with van der Waals surface area (Å²) in [4.78, 5) is 18.2. The number of pyridine rings is 1. The Hall–Kier alpha value is -1.72. The maximum atomic E-state index is 12.9. The number of amides is 1. The highest BCUT2D eigenvalue weighted by Gasteiger charge is 2.37. The number of carbonyl (C=O) groups is 1. The first-order valence-electron chi connectivity index (χ1n) is 8.71. The molecule has 0 spiro atoms. The number of aromatic nitrogens is 1. The lowest BCUT2D eigenvalue weighted by atomic mass is 9.76. The zero-order valence-electron chi connectivity index (χ0n) is 13.6. The third-order valence-corrected chi connectivity index (χ3v) is 6.29. The van der Waals surface area contributed by atoms with E-state index in [2.05, 4.69) is 15.7 Å². The molecule has 0 saturated heterocycles. The normalized spacial score (nSPS) is 23.9. The van der Waals surface area contributed by atoms with E-state index in [1.54, 1.807) is 17.5 Å². The second kappa shape index (κ2) is 6.65. The van der Waals surface area contributed by atoms with E-state index in [1.165, 1.54) is 24.0 Å².